The van der Waals surface area contributed by atoms with Crippen molar-refractivity contribution in [1.82, 2.24) is 4.90 Å². The van der Waals surface area contributed by atoms with Crippen LogP contribution in [0, 0.1) is 0 Å². The third-order valence-electron chi connectivity index (χ3n) is 4.18. The minimum absolute atomic E-state index is 0.0516. The maximum atomic E-state index is 12.7. The Hall–Kier alpha value is -2.54. The van der Waals surface area contributed by atoms with Crippen molar-refractivity contribution in [3.05, 3.63) is 54.1 Å². The molecule has 0 aliphatic carbocycles. The first-order chi connectivity index (χ1) is 12.9. The molecule has 0 atom stereocenters. The third kappa shape index (κ3) is 5.47. The lowest BCUT2D eigenvalue weighted by Crippen LogP contribution is -2.31. The standard InChI is InChI=1S/C20H26N2O4S/c1-4-6-14-22(5-2)20(23)16-8-7-9-19(15-16)27(24,25)21-17-10-12-18(26-3)13-11-17/h7-13,15,21H,4-6,14H2,1-3H3. The molecule has 0 aliphatic heterocycles. The molecule has 27 heavy (non-hydrogen) atoms. The number of ether oxygens (including phenoxy) is 1. The maximum Gasteiger partial charge on any atom is 0.261 e. The van der Waals surface area contributed by atoms with Gasteiger partial charge in [0.25, 0.3) is 15.9 Å². The highest BCUT2D eigenvalue weighted by Crippen LogP contribution is 2.20. The lowest BCUT2D eigenvalue weighted by molar-refractivity contribution is 0.0762. The van der Waals surface area contributed by atoms with Crippen LogP contribution in [0.15, 0.2) is 53.4 Å². The molecule has 7 heteroatoms. The van der Waals surface area contributed by atoms with E-state index in [4.69, 9.17) is 4.74 Å². The Kier molecular flexibility index (Phi) is 7.24. The molecule has 0 aliphatic rings. The molecule has 1 amide bonds. The first-order valence-corrected chi connectivity index (χ1v) is 10.5. The predicted octanol–water partition coefficient (Wildman–Crippen LogP) is 3.76. The van der Waals surface area contributed by atoms with Crippen LogP contribution in [-0.2, 0) is 10.0 Å². The molecule has 2 aromatic rings. The zero-order chi connectivity index (χ0) is 19.9. The number of hydrogen-bond acceptors (Lipinski definition) is 4. The summed E-state index contributed by atoms with van der Waals surface area (Å²) < 4.78 is 32.9. The van der Waals surface area contributed by atoms with E-state index in [0.717, 1.165) is 12.8 Å². The van der Waals surface area contributed by atoms with Crippen molar-refractivity contribution in [3.63, 3.8) is 0 Å². The van der Waals surface area contributed by atoms with Crippen molar-refractivity contribution in [1.29, 1.82) is 0 Å². The van der Waals surface area contributed by atoms with E-state index in [1.54, 1.807) is 48.4 Å². The Balaban J connectivity index is 2.22. The molecule has 0 aromatic heterocycles. The minimum Gasteiger partial charge on any atom is -0.497 e. The summed E-state index contributed by atoms with van der Waals surface area (Å²) in [6.45, 7) is 5.22. The lowest BCUT2D eigenvalue weighted by atomic mass is 10.2. The van der Waals surface area contributed by atoms with Crippen LogP contribution in [0.4, 0.5) is 5.69 Å². The number of methoxy groups -OCH3 is 1. The van der Waals surface area contributed by atoms with Crippen LogP contribution in [0.25, 0.3) is 0 Å². The number of benzene rings is 2. The monoisotopic (exact) mass is 390 g/mol. The van der Waals surface area contributed by atoms with Crippen LogP contribution < -0.4 is 9.46 Å². The summed E-state index contributed by atoms with van der Waals surface area (Å²) in [6.07, 6.45) is 1.90. The van der Waals surface area contributed by atoms with Gasteiger partial charge in [0.1, 0.15) is 5.75 Å². The molecule has 0 spiro atoms. The van der Waals surface area contributed by atoms with Gasteiger partial charge in [0.2, 0.25) is 0 Å². The van der Waals surface area contributed by atoms with Gasteiger partial charge in [-0.25, -0.2) is 8.42 Å². The number of nitrogens with zero attached hydrogens (tertiary/aromatic N) is 1. The van der Waals surface area contributed by atoms with Gasteiger partial charge in [-0.15, -0.1) is 0 Å². The van der Waals surface area contributed by atoms with Gasteiger partial charge in [0.15, 0.2) is 0 Å². The second-order valence-electron chi connectivity index (χ2n) is 6.10. The first-order valence-electron chi connectivity index (χ1n) is 8.97. The largest absolute Gasteiger partial charge is 0.497 e. The Bertz CT molecular complexity index is 864. The van der Waals surface area contributed by atoms with Gasteiger partial charge >= 0.3 is 0 Å². The van der Waals surface area contributed by atoms with Crippen LogP contribution in [0.1, 0.15) is 37.0 Å². The highest BCUT2D eigenvalue weighted by atomic mass is 32.2. The van der Waals surface area contributed by atoms with Crippen LogP contribution in [0.3, 0.4) is 0 Å². The summed E-state index contributed by atoms with van der Waals surface area (Å²) in [7, 11) is -2.26. The van der Waals surface area contributed by atoms with Gasteiger partial charge in [0, 0.05) is 24.3 Å². The predicted molar refractivity (Wildman–Crippen MR) is 107 cm³/mol. The maximum absolute atomic E-state index is 12.7. The molecular formula is C20H26N2O4S. The summed E-state index contributed by atoms with van der Waals surface area (Å²) in [4.78, 5) is 14.5. The number of anilines is 1. The van der Waals surface area contributed by atoms with E-state index in [1.807, 2.05) is 6.92 Å². The molecule has 6 nitrogen and oxygen atoms in total. The van der Waals surface area contributed by atoms with Crippen LogP contribution >= 0.6 is 0 Å². The van der Waals surface area contributed by atoms with Crippen LogP contribution in [0.2, 0.25) is 0 Å². The number of sulfonamides is 1. The van der Waals surface area contributed by atoms with Crippen LogP contribution in [-0.4, -0.2) is 39.4 Å². The lowest BCUT2D eigenvalue weighted by Gasteiger charge is -2.21. The first kappa shape index (κ1) is 20.8. The normalized spacial score (nSPS) is 11.1. The van der Waals surface area contributed by atoms with Gasteiger partial charge in [-0.3, -0.25) is 9.52 Å². The van der Waals surface area contributed by atoms with Gasteiger partial charge < -0.3 is 9.64 Å². The van der Waals surface area contributed by atoms with E-state index >= 15 is 0 Å². The molecule has 0 bridgehead atoms. The van der Waals surface area contributed by atoms with E-state index in [1.165, 1.54) is 12.1 Å². The molecule has 2 aromatic carbocycles. The number of carbonyl (C=O) groups is 1. The van der Waals surface area contributed by atoms with Crippen molar-refractivity contribution in [2.75, 3.05) is 24.9 Å². The Morgan fingerprint density at radius 3 is 2.41 bits per heavy atom. The fourth-order valence-electron chi connectivity index (χ4n) is 2.60. The summed E-state index contributed by atoms with van der Waals surface area (Å²) in [5, 5.41) is 0. The van der Waals surface area contributed by atoms with Crippen molar-refractivity contribution in [3.8, 4) is 5.75 Å². The van der Waals surface area contributed by atoms with Gasteiger partial charge in [-0.2, -0.15) is 0 Å². The second kappa shape index (κ2) is 9.41. The molecule has 0 fully saturated rings. The zero-order valence-electron chi connectivity index (χ0n) is 15.9. The molecule has 0 heterocycles. The molecule has 0 saturated heterocycles. The van der Waals surface area contributed by atoms with Gasteiger partial charge in [-0.05, 0) is 55.8 Å². The molecule has 1 N–H and O–H groups in total. The Morgan fingerprint density at radius 1 is 1.11 bits per heavy atom. The Labute approximate surface area is 161 Å². The van der Waals surface area contributed by atoms with E-state index in [9.17, 15) is 13.2 Å². The smallest absolute Gasteiger partial charge is 0.261 e. The molecule has 0 radical (unpaired) electrons. The molecule has 146 valence electrons. The number of carbonyl (C=O) groups excluding carboxylic acids is 1. The third-order valence-corrected chi connectivity index (χ3v) is 5.56. The van der Waals surface area contributed by atoms with Gasteiger partial charge in [-0.1, -0.05) is 19.4 Å². The number of unbranched alkanes of at least 4 members (excludes halogenated alkanes) is 1. The average molecular weight is 391 g/mol. The highest BCUT2D eigenvalue weighted by Gasteiger charge is 2.19. The Morgan fingerprint density at radius 2 is 1.81 bits per heavy atom. The van der Waals surface area contributed by atoms with Crippen LogP contribution in [0.5, 0.6) is 5.75 Å². The zero-order valence-corrected chi connectivity index (χ0v) is 16.8. The van der Waals surface area contributed by atoms with Gasteiger partial charge in [0.05, 0.1) is 12.0 Å². The molecular weight excluding hydrogens is 364 g/mol. The number of nitrogens with one attached hydrogen (secondary N) is 1. The average Bonchev–Trinajstić information content (AvgIpc) is 2.69. The van der Waals surface area contributed by atoms with E-state index in [-0.39, 0.29) is 10.8 Å². The van der Waals surface area contributed by atoms with Crippen molar-refractivity contribution < 1.29 is 17.9 Å². The molecule has 0 unspecified atom stereocenters. The fourth-order valence-corrected chi connectivity index (χ4v) is 3.71. The summed E-state index contributed by atoms with van der Waals surface area (Å²) >= 11 is 0. The summed E-state index contributed by atoms with van der Waals surface area (Å²) in [6, 6.07) is 12.7. The fraction of sp³-hybridized carbons (Fsp3) is 0.350. The summed E-state index contributed by atoms with van der Waals surface area (Å²) in [5.74, 6) is 0.477. The number of hydrogen-bond donors (Lipinski definition) is 1. The second-order valence-corrected chi connectivity index (χ2v) is 7.78. The van der Waals surface area contributed by atoms with E-state index in [2.05, 4.69) is 11.6 Å². The van der Waals surface area contributed by atoms with Crippen molar-refractivity contribution in [2.24, 2.45) is 0 Å². The topological polar surface area (TPSA) is 75.7 Å². The van der Waals surface area contributed by atoms with Crippen molar-refractivity contribution in [2.45, 2.75) is 31.6 Å². The highest BCUT2D eigenvalue weighted by molar-refractivity contribution is 7.92. The minimum atomic E-state index is -3.80. The van der Waals surface area contributed by atoms with Crippen molar-refractivity contribution >= 4 is 21.6 Å². The van der Waals surface area contributed by atoms with E-state index in [0.29, 0.717) is 30.1 Å². The quantitative estimate of drug-likeness (QED) is 0.707. The molecule has 0 saturated carbocycles. The number of rotatable bonds is 9. The van der Waals surface area contributed by atoms with E-state index < -0.39 is 10.0 Å². The number of amides is 1. The molecule has 2 rings (SSSR count). The SMILES string of the molecule is CCCCN(CC)C(=O)c1cccc(S(=O)(=O)Nc2ccc(OC)cc2)c1. The summed E-state index contributed by atoms with van der Waals surface area (Å²) in [5.41, 5.74) is 0.788.